The van der Waals surface area contributed by atoms with Crippen LogP contribution in [-0.2, 0) is 14.3 Å². The van der Waals surface area contributed by atoms with E-state index in [2.05, 4.69) is 5.32 Å². The average molecular weight is 441 g/mol. The fourth-order valence-corrected chi connectivity index (χ4v) is 5.39. The van der Waals surface area contributed by atoms with Gasteiger partial charge in [0.05, 0.1) is 6.04 Å². The summed E-state index contributed by atoms with van der Waals surface area (Å²) in [6, 6.07) is 13.6. The maximum Gasteiger partial charge on any atom is 0.323 e. The highest BCUT2D eigenvalue weighted by Crippen LogP contribution is 2.76. The van der Waals surface area contributed by atoms with Crippen LogP contribution in [0.4, 0.5) is 0 Å². The van der Waals surface area contributed by atoms with Gasteiger partial charge in [0, 0.05) is 5.92 Å². The van der Waals surface area contributed by atoms with Gasteiger partial charge >= 0.3 is 5.97 Å². The molecule has 2 aliphatic rings. The number of esters is 1. The first-order valence-corrected chi connectivity index (χ1v) is 10.2. The molecule has 4 atom stereocenters. The number of fused-ring (bicyclic) bond motifs is 2. The average Bonchev–Trinajstić information content (AvgIpc) is 2.94. The van der Waals surface area contributed by atoms with Gasteiger partial charge < -0.3 is 10.1 Å². The SMILES string of the molecule is C[C@@H](NC(=O)[C@]12C(=O)O[C@H](C(Cl)(Cl)Cl)[C@H]1C2(C)C)c1cccc2ccccc12. The van der Waals surface area contributed by atoms with E-state index >= 15 is 0 Å². The Labute approximate surface area is 178 Å². The largest absolute Gasteiger partial charge is 0.457 e. The van der Waals surface area contributed by atoms with Crippen molar-refractivity contribution >= 4 is 57.5 Å². The van der Waals surface area contributed by atoms with Gasteiger partial charge in [0.15, 0.2) is 11.5 Å². The Hall–Kier alpha value is -1.49. The molecular weight excluding hydrogens is 421 g/mol. The summed E-state index contributed by atoms with van der Waals surface area (Å²) in [4.78, 5) is 26.0. The molecule has 1 saturated carbocycles. The predicted molar refractivity (Wildman–Crippen MR) is 110 cm³/mol. The summed E-state index contributed by atoms with van der Waals surface area (Å²) >= 11 is 18.0. The third-order valence-corrected chi connectivity index (χ3v) is 7.00. The van der Waals surface area contributed by atoms with E-state index in [9.17, 15) is 9.59 Å². The van der Waals surface area contributed by atoms with Crippen LogP contribution in [0.15, 0.2) is 42.5 Å². The lowest BCUT2D eigenvalue weighted by atomic mass is 9.93. The molecule has 2 aromatic rings. The maximum absolute atomic E-state index is 13.3. The molecule has 28 heavy (non-hydrogen) atoms. The van der Waals surface area contributed by atoms with E-state index in [1.807, 2.05) is 63.2 Å². The van der Waals surface area contributed by atoms with E-state index in [-0.39, 0.29) is 11.9 Å². The summed E-state index contributed by atoms with van der Waals surface area (Å²) < 4.78 is 3.53. The molecule has 0 aromatic heterocycles. The van der Waals surface area contributed by atoms with Gasteiger partial charge in [-0.1, -0.05) is 91.1 Å². The van der Waals surface area contributed by atoms with Crippen molar-refractivity contribution in [3.05, 3.63) is 48.0 Å². The summed E-state index contributed by atoms with van der Waals surface area (Å²) in [6.45, 7) is 5.57. The number of hydrogen-bond donors (Lipinski definition) is 1. The topological polar surface area (TPSA) is 55.4 Å². The molecular formula is C21H20Cl3NO3. The van der Waals surface area contributed by atoms with Gasteiger partial charge in [0.1, 0.15) is 0 Å². The lowest BCUT2D eigenvalue weighted by Crippen LogP contribution is -2.41. The minimum Gasteiger partial charge on any atom is -0.457 e. The van der Waals surface area contributed by atoms with Crippen molar-refractivity contribution in [1.29, 1.82) is 0 Å². The van der Waals surface area contributed by atoms with Gasteiger partial charge in [0.25, 0.3) is 0 Å². The molecule has 0 unspecified atom stereocenters. The third kappa shape index (κ3) is 2.58. The minimum absolute atomic E-state index is 0.301. The van der Waals surface area contributed by atoms with E-state index in [0.29, 0.717) is 0 Å². The molecule has 0 bridgehead atoms. The highest BCUT2D eigenvalue weighted by molar-refractivity contribution is 6.68. The van der Waals surface area contributed by atoms with Crippen molar-refractivity contribution in [1.82, 2.24) is 5.32 Å². The van der Waals surface area contributed by atoms with Crippen molar-refractivity contribution < 1.29 is 14.3 Å². The van der Waals surface area contributed by atoms with Crippen LogP contribution in [0.5, 0.6) is 0 Å². The number of benzene rings is 2. The number of amides is 1. The number of halogens is 3. The second-order valence-corrected chi connectivity index (χ2v) is 10.5. The fourth-order valence-electron chi connectivity index (χ4n) is 4.87. The Morgan fingerprint density at radius 2 is 1.79 bits per heavy atom. The highest BCUT2D eigenvalue weighted by Gasteiger charge is 2.88. The predicted octanol–water partition coefficient (Wildman–Crippen LogP) is 4.96. The van der Waals surface area contributed by atoms with Crippen molar-refractivity contribution in [3.63, 3.8) is 0 Å². The second-order valence-electron chi connectivity index (χ2n) is 8.14. The molecule has 1 heterocycles. The van der Waals surface area contributed by atoms with Crippen molar-refractivity contribution in [3.8, 4) is 0 Å². The first-order valence-electron chi connectivity index (χ1n) is 9.09. The van der Waals surface area contributed by atoms with Crippen LogP contribution in [0, 0.1) is 16.7 Å². The van der Waals surface area contributed by atoms with Crippen LogP contribution in [0.2, 0.25) is 0 Å². The standard InChI is InChI=1S/C21H20Cl3NO3/c1-11(13-10-6-8-12-7-4-5-9-14(12)13)25-17(26)20-15(19(20,2)3)16(21(22,23)24)28-18(20)27/h4-11,15-16H,1-3H3,(H,25,26)/t11-,15+,16+,20+/m1/s1. The lowest BCUT2D eigenvalue weighted by Gasteiger charge is -2.25. The van der Waals surface area contributed by atoms with Gasteiger partial charge in [-0.05, 0) is 28.7 Å². The molecule has 148 valence electrons. The number of carbonyl (C=O) groups is 2. The van der Waals surface area contributed by atoms with Crippen molar-refractivity contribution in [2.45, 2.75) is 36.7 Å². The number of carbonyl (C=O) groups excluding carboxylic acids is 2. The smallest absolute Gasteiger partial charge is 0.323 e. The molecule has 1 saturated heterocycles. The Balaban J connectivity index is 1.64. The molecule has 2 aromatic carbocycles. The zero-order valence-electron chi connectivity index (χ0n) is 15.6. The molecule has 0 radical (unpaired) electrons. The third-order valence-electron chi connectivity index (χ3n) is 6.35. The summed E-state index contributed by atoms with van der Waals surface area (Å²) in [5, 5.41) is 5.14. The first kappa shape index (κ1) is 19.8. The molecule has 4 nitrogen and oxygen atoms in total. The van der Waals surface area contributed by atoms with Gasteiger partial charge in [-0.15, -0.1) is 0 Å². The van der Waals surface area contributed by atoms with Gasteiger partial charge in [-0.2, -0.15) is 0 Å². The van der Waals surface area contributed by atoms with Crippen molar-refractivity contribution in [2.24, 2.45) is 16.7 Å². The molecule has 7 heteroatoms. The molecule has 4 rings (SSSR count). The summed E-state index contributed by atoms with van der Waals surface area (Å²) in [5.74, 6) is -1.49. The van der Waals surface area contributed by atoms with E-state index in [1.54, 1.807) is 0 Å². The summed E-state index contributed by atoms with van der Waals surface area (Å²) in [6.07, 6.45) is -0.946. The molecule has 1 amide bonds. The van der Waals surface area contributed by atoms with Gasteiger partial charge in [0.2, 0.25) is 9.70 Å². The quantitative estimate of drug-likeness (QED) is 0.417. The van der Waals surface area contributed by atoms with Crippen LogP contribution in [0.3, 0.4) is 0 Å². The van der Waals surface area contributed by atoms with E-state index in [4.69, 9.17) is 39.5 Å². The van der Waals surface area contributed by atoms with Crippen LogP contribution < -0.4 is 5.32 Å². The number of rotatable bonds is 3. The van der Waals surface area contributed by atoms with Crippen LogP contribution >= 0.6 is 34.8 Å². The molecule has 2 fully saturated rings. The van der Waals surface area contributed by atoms with Crippen LogP contribution in [0.25, 0.3) is 10.8 Å². The van der Waals surface area contributed by atoms with Crippen LogP contribution in [0.1, 0.15) is 32.4 Å². The number of hydrogen-bond acceptors (Lipinski definition) is 3. The van der Waals surface area contributed by atoms with Crippen LogP contribution in [-0.4, -0.2) is 21.8 Å². The normalized spacial score (nSPS) is 29.1. The van der Waals surface area contributed by atoms with Crippen molar-refractivity contribution in [2.75, 3.05) is 0 Å². The highest BCUT2D eigenvalue weighted by atomic mass is 35.6. The number of cyclic esters (lactones) is 1. The van der Waals surface area contributed by atoms with Gasteiger partial charge in [-0.3, -0.25) is 9.59 Å². The molecule has 1 aliphatic heterocycles. The van der Waals surface area contributed by atoms with E-state index in [0.717, 1.165) is 16.3 Å². The number of ether oxygens (including phenoxy) is 1. The van der Waals surface area contributed by atoms with Gasteiger partial charge in [-0.25, -0.2) is 0 Å². The molecule has 1 aliphatic carbocycles. The summed E-state index contributed by atoms with van der Waals surface area (Å²) in [5.41, 5.74) is -1.01. The number of alkyl halides is 3. The van der Waals surface area contributed by atoms with E-state index < -0.39 is 32.6 Å². The Kier molecular flexibility index (Phi) is 4.42. The Bertz CT molecular complexity index is 979. The minimum atomic E-state index is -1.78. The first-order chi connectivity index (χ1) is 13.0. The zero-order valence-corrected chi connectivity index (χ0v) is 17.9. The molecule has 1 N–H and O–H groups in total. The lowest BCUT2D eigenvalue weighted by molar-refractivity contribution is -0.155. The zero-order chi connectivity index (χ0) is 20.5. The number of nitrogens with one attached hydrogen (secondary N) is 1. The van der Waals surface area contributed by atoms with E-state index in [1.165, 1.54) is 0 Å². The monoisotopic (exact) mass is 439 g/mol. The molecule has 0 spiro atoms. The second kappa shape index (κ2) is 6.25. The Morgan fingerprint density at radius 1 is 1.14 bits per heavy atom. The summed E-state index contributed by atoms with van der Waals surface area (Å²) in [7, 11) is 0. The maximum atomic E-state index is 13.3. The Morgan fingerprint density at radius 3 is 2.43 bits per heavy atom. The fraction of sp³-hybridized carbons (Fsp3) is 0.429.